The molecule has 0 aliphatic heterocycles. The normalized spacial score (nSPS) is 12.0. The first kappa shape index (κ1) is 35.8. The standard InChI is InChI=1S/C42H40N4O5S/c1-5-38(42(49)44-30-22-23-36-33(26-30)32-19-10-11-20-35(32)46(36)6-2)52-31-18-13-17-29(25-31)43-41(48)34(45-40(47)27-14-8-7-9-15-27)24-28-16-12-21-37(50-3)39(28)51-4/h7-26,38H,5-6H2,1-4H3,(H,43,48)(H,44,49)(H,45,47)/b34-24+. The summed E-state index contributed by atoms with van der Waals surface area (Å²) in [7, 11) is 3.04. The molecule has 1 atom stereocenters. The Labute approximate surface area is 307 Å². The predicted molar refractivity (Wildman–Crippen MR) is 210 cm³/mol. The lowest BCUT2D eigenvalue weighted by Gasteiger charge is -2.16. The zero-order valence-electron chi connectivity index (χ0n) is 29.4. The number of thioether (sulfide) groups is 1. The molecule has 52 heavy (non-hydrogen) atoms. The molecular formula is C42H40N4O5S. The Hall–Kier alpha value is -6.00. The van der Waals surface area contributed by atoms with Crippen molar-refractivity contribution in [3.8, 4) is 11.5 Å². The number of ether oxygens (including phenoxy) is 2. The van der Waals surface area contributed by atoms with Gasteiger partial charge >= 0.3 is 0 Å². The predicted octanol–water partition coefficient (Wildman–Crippen LogP) is 8.75. The van der Waals surface area contributed by atoms with Crippen molar-refractivity contribution >= 4 is 68.7 Å². The first-order chi connectivity index (χ1) is 25.3. The highest BCUT2D eigenvalue weighted by molar-refractivity contribution is 8.00. The van der Waals surface area contributed by atoms with Gasteiger partial charge in [0.05, 0.1) is 19.5 Å². The molecule has 10 heteroatoms. The number of aryl methyl sites for hydroxylation is 1. The average Bonchev–Trinajstić information content (AvgIpc) is 3.49. The molecule has 3 amide bonds. The topological polar surface area (TPSA) is 111 Å². The van der Waals surface area contributed by atoms with Crippen LogP contribution in [0.15, 0.2) is 126 Å². The van der Waals surface area contributed by atoms with E-state index in [1.807, 2.05) is 55.5 Å². The molecule has 264 valence electrons. The zero-order valence-corrected chi connectivity index (χ0v) is 30.3. The summed E-state index contributed by atoms with van der Waals surface area (Å²) in [6.07, 6.45) is 2.14. The molecule has 0 saturated carbocycles. The smallest absolute Gasteiger partial charge is 0.272 e. The zero-order chi connectivity index (χ0) is 36.6. The van der Waals surface area contributed by atoms with Gasteiger partial charge in [-0.3, -0.25) is 14.4 Å². The van der Waals surface area contributed by atoms with Gasteiger partial charge in [0.25, 0.3) is 11.8 Å². The number of methoxy groups -OCH3 is 2. The number of amides is 3. The van der Waals surface area contributed by atoms with E-state index in [0.29, 0.717) is 34.7 Å². The Balaban J connectivity index is 1.20. The fourth-order valence-electron chi connectivity index (χ4n) is 6.15. The Kier molecular flexibility index (Phi) is 11.3. The monoisotopic (exact) mass is 712 g/mol. The molecule has 0 saturated heterocycles. The molecule has 0 aliphatic rings. The number of nitrogens with zero attached hydrogens (tertiary/aromatic N) is 1. The first-order valence-corrected chi connectivity index (χ1v) is 17.9. The highest BCUT2D eigenvalue weighted by Gasteiger charge is 2.21. The van der Waals surface area contributed by atoms with Crippen LogP contribution in [-0.4, -0.2) is 41.8 Å². The second kappa shape index (κ2) is 16.3. The highest BCUT2D eigenvalue weighted by Crippen LogP contribution is 2.34. The van der Waals surface area contributed by atoms with Crippen LogP contribution in [0.3, 0.4) is 0 Å². The number of carbonyl (C=O) groups excluding carboxylic acids is 3. The fraction of sp³-hybridized carbons (Fsp3) is 0.167. The van der Waals surface area contributed by atoms with Gasteiger partial charge in [-0.25, -0.2) is 0 Å². The second-order valence-corrected chi connectivity index (χ2v) is 13.2. The van der Waals surface area contributed by atoms with Gasteiger partial charge in [0.15, 0.2) is 11.5 Å². The van der Waals surface area contributed by atoms with E-state index in [9.17, 15) is 14.4 Å². The van der Waals surface area contributed by atoms with Crippen LogP contribution in [0.2, 0.25) is 0 Å². The van der Waals surface area contributed by atoms with Gasteiger partial charge in [0.2, 0.25) is 5.91 Å². The summed E-state index contributed by atoms with van der Waals surface area (Å²) in [5.74, 6) is -0.198. The number of para-hydroxylation sites is 2. The Morgan fingerprint density at radius 3 is 2.23 bits per heavy atom. The molecule has 6 rings (SSSR count). The number of anilines is 2. The van der Waals surface area contributed by atoms with Crippen LogP contribution >= 0.6 is 11.8 Å². The third kappa shape index (κ3) is 7.82. The van der Waals surface area contributed by atoms with Crippen molar-refractivity contribution < 1.29 is 23.9 Å². The van der Waals surface area contributed by atoms with Gasteiger partial charge < -0.3 is 30.0 Å². The molecular weight excluding hydrogens is 673 g/mol. The van der Waals surface area contributed by atoms with Crippen LogP contribution < -0.4 is 25.4 Å². The van der Waals surface area contributed by atoms with E-state index in [2.05, 4.69) is 45.6 Å². The van der Waals surface area contributed by atoms with E-state index in [1.165, 1.54) is 31.5 Å². The van der Waals surface area contributed by atoms with Crippen molar-refractivity contribution in [1.82, 2.24) is 9.88 Å². The number of carbonyl (C=O) groups is 3. The lowest BCUT2D eigenvalue weighted by molar-refractivity contribution is -0.116. The summed E-state index contributed by atoms with van der Waals surface area (Å²) in [4.78, 5) is 41.4. The Morgan fingerprint density at radius 1 is 0.750 bits per heavy atom. The maximum absolute atomic E-state index is 13.8. The average molecular weight is 713 g/mol. The fourth-order valence-corrected chi connectivity index (χ4v) is 7.16. The van der Waals surface area contributed by atoms with E-state index in [0.717, 1.165) is 33.4 Å². The minimum absolute atomic E-state index is 0.00306. The van der Waals surface area contributed by atoms with Gasteiger partial charge in [0, 0.05) is 55.7 Å². The van der Waals surface area contributed by atoms with Crippen LogP contribution in [0.1, 0.15) is 36.2 Å². The molecule has 1 heterocycles. The second-order valence-electron chi connectivity index (χ2n) is 11.9. The SMILES string of the molecule is CCC(Sc1cccc(NC(=O)/C(=C\c2cccc(OC)c2OC)NC(=O)c2ccccc2)c1)C(=O)Nc1ccc2c(c1)c1ccccc1n2CC. The molecule has 0 fully saturated rings. The third-order valence-corrected chi connectivity index (χ3v) is 10.0. The summed E-state index contributed by atoms with van der Waals surface area (Å²) in [6, 6.07) is 35.6. The minimum Gasteiger partial charge on any atom is -0.493 e. The number of fused-ring (bicyclic) bond motifs is 3. The Morgan fingerprint density at radius 2 is 1.48 bits per heavy atom. The maximum atomic E-state index is 13.8. The summed E-state index contributed by atoms with van der Waals surface area (Å²) in [5, 5.41) is 10.7. The number of nitrogens with one attached hydrogen (secondary N) is 3. The lowest BCUT2D eigenvalue weighted by Crippen LogP contribution is -2.30. The molecule has 1 aromatic heterocycles. The molecule has 6 aromatic rings. The molecule has 0 aliphatic carbocycles. The number of aromatic nitrogens is 1. The third-order valence-electron chi connectivity index (χ3n) is 8.65. The van der Waals surface area contributed by atoms with Crippen molar-refractivity contribution in [2.24, 2.45) is 0 Å². The first-order valence-electron chi connectivity index (χ1n) is 17.0. The van der Waals surface area contributed by atoms with Gasteiger partial charge in [-0.15, -0.1) is 11.8 Å². The van der Waals surface area contributed by atoms with Crippen LogP contribution in [-0.2, 0) is 16.1 Å². The molecule has 1 unspecified atom stereocenters. The van der Waals surface area contributed by atoms with E-state index in [4.69, 9.17) is 9.47 Å². The van der Waals surface area contributed by atoms with Crippen molar-refractivity contribution in [3.05, 3.63) is 132 Å². The summed E-state index contributed by atoms with van der Waals surface area (Å²) in [6.45, 7) is 4.95. The molecule has 9 nitrogen and oxygen atoms in total. The maximum Gasteiger partial charge on any atom is 0.272 e. The number of hydrogen-bond acceptors (Lipinski definition) is 6. The van der Waals surface area contributed by atoms with E-state index >= 15 is 0 Å². The van der Waals surface area contributed by atoms with Crippen molar-refractivity contribution in [1.29, 1.82) is 0 Å². The van der Waals surface area contributed by atoms with Gasteiger partial charge in [-0.2, -0.15) is 0 Å². The molecule has 0 radical (unpaired) electrons. The summed E-state index contributed by atoms with van der Waals surface area (Å²) in [5.41, 5.74) is 4.47. The van der Waals surface area contributed by atoms with Gasteiger partial charge in [0.1, 0.15) is 5.70 Å². The van der Waals surface area contributed by atoms with Crippen molar-refractivity contribution in [3.63, 3.8) is 0 Å². The Bertz CT molecular complexity index is 2280. The highest BCUT2D eigenvalue weighted by atomic mass is 32.2. The lowest BCUT2D eigenvalue weighted by atomic mass is 10.1. The molecule has 5 aromatic carbocycles. The van der Waals surface area contributed by atoms with Crippen LogP contribution in [0.25, 0.3) is 27.9 Å². The van der Waals surface area contributed by atoms with E-state index in [-0.39, 0.29) is 16.9 Å². The largest absolute Gasteiger partial charge is 0.493 e. The van der Waals surface area contributed by atoms with E-state index in [1.54, 1.807) is 54.6 Å². The molecule has 3 N–H and O–H groups in total. The van der Waals surface area contributed by atoms with Crippen molar-refractivity contribution in [2.45, 2.75) is 37.0 Å². The van der Waals surface area contributed by atoms with Crippen LogP contribution in [0.4, 0.5) is 11.4 Å². The van der Waals surface area contributed by atoms with Gasteiger partial charge in [-0.1, -0.05) is 61.5 Å². The summed E-state index contributed by atoms with van der Waals surface area (Å²) >= 11 is 1.42. The summed E-state index contributed by atoms with van der Waals surface area (Å²) < 4.78 is 13.3. The number of hydrogen-bond donors (Lipinski definition) is 3. The van der Waals surface area contributed by atoms with Gasteiger partial charge in [-0.05, 0) is 80.1 Å². The molecule has 0 bridgehead atoms. The van der Waals surface area contributed by atoms with Crippen LogP contribution in [0.5, 0.6) is 11.5 Å². The number of rotatable bonds is 13. The quantitative estimate of drug-likeness (QED) is 0.0816. The van der Waals surface area contributed by atoms with Crippen LogP contribution in [0, 0.1) is 0 Å². The molecule has 0 spiro atoms. The minimum atomic E-state index is -0.541. The number of benzene rings is 5. The van der Waals surface area contributed by atoms with Crippen molar-refractivity contribution in [2.75, 3.05) is 24.9 Å². The van der Waals surface area contributed by atoms with E-state index < -0.39 is 11.8 Å².